The zero-order valence-electron chi connectivity index (χ0n) is 12.3. The minimum atomic E-state index is 0.306. The van der Waals surface area contributed by atoms with Gasteiger partial charge in [0, 0.05) is 19.5 Å². The predicted molar refractivity (Wildman–Crippen MR) is 78.9 cm³/mol. The van der Waals surface area contributed by atoms with Crippen LogP contribution in [0.15, 0.2) is 24.3 Å². The number of benzene rings is 1. The van der Waals surface area contributed by atoms with Crippen LogP contribution in [0.5, 0.6) is 0 Å². The maximum Gasteiger partial charge on any atom is 0.226 e. The third-order valence-electron chi connectivity index (χ3n) is 5.87. The van der Waals surface area contributed by atoms with Crippen LogP contribution in [-0.4, -0.2) is 17.9 Å². The van der Waals surface area contributed by atoms with Gasteiger partial charge in [-0.3, -0.25) is 4.79 Å². The van der Waals surface area contributed by atoms with Crippen LogP contribution in [0, 0.1) is 40.9 Å². The topological polar surface area (TPSA) is 44.1 Å². The number of nitrogens with zero attached hydrogens (tertiary/aromatic N) is 2. The smallest absolute Gasteiger partial charge is 0.226 e. The lowest BCUT2D eigenvalue weighted by atomic mass is 10.0. The highest BCUT2D eigenvalue weighted by molar-refractivity contribution is 5.82. The van der Waals surface area contributed by atoms with Crippen molar-refractivity contribution in [2.75, 3.05) is 7.05 Å². The molecule has 1 amide bonds. The number of nitriles is 1. The predicted octanol–water partition coefficient (Wildman–Crippen LogP) is 2.81. The molecule has 0 N–H and O–H groups in total. The average molecular weight is 280 g/mol. The second-order valence-corrected chi connectivity index (χ2v) is 7.02. The van der Waals surface area contributed by atoms with Crippen LogP contribution in [0.2, 0.25) is 0 Å². The van der Waals surface area contributed by atoms with E-state index in [9.17, 15) is 4.79 Å². The minimum absolute atomic E-state index is 0.306. The summed E-state index contributed by atoms with van der Waals surface area (Å²) in [5, 5.41) is 8.95. The van der Waals surface area contributed by atoms with Crippen molar-refractivity contribution in [1.82, 2.24) is 4.90 Å². The van der Waals surface area contributed by atoms with Gasteiger partial charge in [0.1, 0.15) is 0 Å². The van der Waals surface area contributed by atoms with E-state index in [4.69, 9.17) is 5.26 Å². The first-order chi connectivity index (χ1) is 10.2. The molecule has 4 unspecified atom stereocenters. The Morgan fingerprint density at radius 3 is 2.71 bits per heavy atom. The van der Waals surface area contributed by atoms with Crippen LogP contribution in [0.3, 0.4) is 0 Å². The first-order valence-electron chi connectivity index (χ1n) is 7.93. The molecule has 0 aromatic heterocycles. The number of hydrogen-bond donors (Lipinski definition) is 0. The van der Waals surface area contributed by atoms with Gasteiger partial charge in [0.05, 0.1) is 11.6 Å². The number of rotatable bonds is 3. The van der Waals surface area contributed by atoms with Gasteiger partial charge in [-0.05, 0) is 60.6 Å². The minimum Gasteiger partial charge on any atom is -0.341 e. The quantitative estimate of drug-likeness (QED) is 0.854. The number of carbonyl (C=O) groups excluding carboxylic acids is 1. The van der Waals surface area contributed by atoms with Crippen molar-refractivity contribution in [3.8, 4) is 6.07 Å². The molecule has 3 fully saturated rings. The van der Waals surface area contributed by atoms with Gasteiger partial charge in [-0.1, -0.05) is 12.1 Å². The molecule has 108 valence electrons. The lowest BCUT2D eigenvalue weighted by Crippen LogP contribution is -2.29. The molecule has 0 heterocycles. The molecule has 0 aliphatic heterocycles. The second kappa shape index (κ2) is 4.59. The standard InChI is InChI=1S/C18H20N2O/c1-20(10-12-4-2-3-11(7-12)9-19)18(21)17-15-13-5-6-14(8-13)16(15)17/h2-4,7,13-17H,5-6,8,10H2,1H3. The summed E-state index contributed by atoms with van der Waals surface area (Å²) in [5.74, 6) is 3.70. The summed E-state index contributed by atoms with van der Waals surface area (Å²) in [6, 6.07) is 9.71. The highest BCUT2D eigenvalue weighted by atomic mass is 16.2. The van der Waals surface area contributed by atoms with Gasteiger partial charge in [0.25, 0.3) is 0 Å². The Morgan fingerprint density at radius 1 is 1.33 bits per heavy atom. The third-order valence-corrected chi connectivity index (χ3v) is 5.87. The molecule has 3 nitrogen and oxygen atoms in total. The SMILES string of the molecule is CN(Cc1cccc(C#N)c1)C(=O)C1C2C3CCC(C3)C12. The van der Waals surface area contributed by atoms with E-state index in [1.165, 1.54) is 19.3 Å². The summed E-state index contributed by atoms with van der Waals surface area (Å²) >= 11 is 0. The molecule has 1 aromatic rings. The number of amides is 1. The molecule has 4 rings (SSSR count). The van der Waals surface area contributed by atoms with Crippen molar-refractivity contribution in [1.29, 1.82) is 5.26 Å². The summed E-state index contributed by atoms with van der Waals surface area (Å²) in [5.41, 5.74) is 1.70. The summed E-state index contributed by atoms with van der Waals surface area (Å²) in [6.07, 6.45) is 4.08. The lowest BCUT2D eigenvalue weighted by Gasteiger charge is -2.19. The van der Waals surface area contributed by atoms with E-state index in [0.29, 0.717) is 35.8 Å². The molecule has 3 saturated carbocycles. The van der Waals surface area contributed by atoms with Gasteiger partial charge in [0.15, 0.2) is 0 Å². The van der Waals surface area contributed by atoms with Gasteiger partial charge in [-0.25, -0.2) is 0 Å². The van der Waals surface area contributed by atoms with E-state index in [1.807, 2.05) is 30.1 Å². The number of fused-ring (bicyclic) bond motifs is 5. The van der Waals surface area contributed by atoms with Crippen molar-refractivity contribution in [2.24, 2.45) is 29.6 Å². The molecule has 4 atom stereocenters. The van der Waals surface area contributed by atoms with Gasteiger partial charge in [-0.2, -0.15) is 5.26 Å². The lowest BCUT2D eigenvalue weighted by molar-refractivity contribution is -0.132. The van der Waals surface area contributed by atoms with Gasteiger partial charge >= 0.3 is 0 Å². The molecular weight excluding hydrogens is 260 g/mol. The molecule has 0 saturated heterocycles. The molecule has 1 aromatic carbocycles. The van der Waals surface area contributed by atoms with Crippen LogP contribution >= 0.6 is 0 Å². The molecule has 3 aliphatic carbocycles. The molecular formula is C18H20N2O. The Bertz CT molecular complexity index is 616. The Hall–Kier alpha value is -1.82. The van der Waals surface area contributed by atoms with Crippen molar-refractivity contribution >= 4 is 5.91 Å². The Labute approximate surface area is 125 Å². The van der Waals surface area contributed by atoms with Crippen LogP contribution in [-0.2, 0) is 11.3 Å². The van der Waals surface area contributed by atoms with E-state index >= 15 is 0 Å². The van der Waals surface area contributed by atoms with Crippen LogP contribution in [0.4, 0.5) is 0 Å². The average Bonchev–Trinajstić information content (AvgIpc) is 2.93. The van der Waals surface area contributed by atoms with Gasteiger partial charge in [-0.15, -0.1) is 0 Å². The number of carbonyl (C=O) groups is 1. The van der Waals surface area contributed by atoms with Crippen molar-refractivity contribution in [2.45, 2.75) is 25.8 Å². The first kappa shape index (κ1) is 12.9. The zero-order chi connectivity index (χ0) is 14.6. The fraction of sp³-hybridized carbons (Fsp3) is 0.556. The molecule has 0 radical (unpaired) electrons. The summed E-state index contributed by atoms with van der Waals surface area (Å²) in [4.78, 5) is 14.5. The maximum absolute atomic E-state index is 12.7. The Kier molecular flexibility index (Phi) is 2.82. The second-order valence-electron chi connectivity index (χ2n) is 7.02. The summed E-state index contributed by atoms with van der Waals surface area (Å²) < 4.78 is 0. The van der Waals surface area contributed by atoms with Crippen molar-refractivity contribution < 1.29 is 4.79 Å². The maximum atomic E-state index is 12.7. The summed E-state index contributed by atoms with van der Waals surface area (Å²) in [7, 11) is 1.90. The molecule has 3 heteroatoms. The Balaban J connectivity index is 1.43. The third kappa shape index (κ3) is 1.97. The van der Waals surface area contributed by atoms with E-state index in [-0.39, 0.29) is 0 Å². The molecule has 2 bridgehead atoms. The summed E-state index contributed by atoms with van der Waals surface area (Å²) in [6.45, 7) is 0.611. The fourth-order valence-electron chi connectivity index (χ4n) is 5.00. The molecule has 3 aliphatic rings. The van der Waals surface area contributed by atoms with E-state index in [1.54, 1.807) is 6.07 Å². The molecule has 0 spiro atoms. The van der Waals surface area contributed by atoms with Crippen LogP contribution < -0.4 is 0 Å². The number of hydrogen-bond acceptors (Lipinski definition) is 2. The zero-order valence-corrected chi connectivity index (χ0v) is 12.3. The van der Waals surface area contributed by atoms with Crippen LogP contribution in [0.25, 0.3) is 0 Å². The largest absolute Gasteiger partial charge is 0.341 e. The first-order valence-corrected chi connectivity index (χ1v) is 7.93. The normalized spacial score (nSPS) is 35.1. The highest BCUT2D eigenvalue weighted by Gasteiger charge is 2.67. The van der Waals surface area contributed by atoms with E-state index < -0.39 is 0 Å². The van der Waals surface area contributed by atoms with Crippen molar-refractivity contribution in [3.63, 3.8) is 0 Å². The molecule has 21 heavy (non-hydrogen) atoms. The van der Waals surface area contributed by atoms with E-state index in [0.717, 1.165) is 17.4 Å². The van der Waals surface area contributed by atoms with E-state index in [2.05, 4.69) is 6.07 Å². The van der Waals surface area contributed by atoms with Gasteiger partial charge in [0.2, 0.25) is 5.91 Å². The Morgan fingerprint density at radius 2 is 2.05 bits per heavy atom. The monoisotopic (exact) mass is 280 g/mol. The van der Waals surface area contributed by atoms with Gasteiger partial charge < -0.3 is 4.90 Å². The van der Waals surface area contributed by atoms with Crippen LogP contribution in [0.1, 0.15) is 30.4 Å². The highest BCUT2D eigenvalue weighted by Crippen LogP contribution is 2.69. The van der Waals surface area contributed by atoms with Crippen molar-refractivity contribution in [3.05, 3.63) is 35.4 Å². The fourth-order valence-corrected chi connectivity index (χ4v) is 5.00.